The molecule has 0 aromatic rings. The second kappa shape index (κ2) is 2.58. The monoisotopic (exact) mass is 198 g/mol. The number of aliphatic hydroxyl groups excluding tert-OH is 1. The Morgan fingerprint density at radius 3 is 3.21 bits per heavy atom. The maximum Gasteiger partial charge on any atom is 0.159 e. The third-order valence-electron chi connectivity index (χ3n) is 3.09. The van der Waals surface area contributed by atoms with E-state index in [9.17, 15) is 4.39 Å². The van der Waals surface area contributed by atoms with Gasteiger partial charge in [0.25, 0.3) is 0 Å². The lowest BCUT2D eigenvalue weighted by atomic mass is 9.89. The summed E-state index contributed by atoms with van der Waals surface area (Å²) in [6.45, 7) is 0.00425. The fourth-order valence-corrected chi connectivity index (χ4v) is 2.22. The van der Waals surface area contributed by atoms with Crippen molar-refractivity contribution in [2.75, 3.05) is 6.61 Å². The number of aliphatic hydroxyl groups is 1. The van der Waals surface area contributed by atoms with Gasteiger partial charge in [0.2, 0.25) is 0 Å². The van der Waals surface area contributed by atoms with Crippen molar-refractivity contribution in [2.45, 2.75) is 30.7 Å². The molecule has 2 heterocycles. The number of ether oxygens (including phenoxy) is 2. The zero-order valence-electron chi connectivity index (χ0n) is 7.57. The first-order chi connectivity index (χ1) is 6.76. The van der Waals surface area contributed by atoms with Crippen molar-refractivity contribution in [3.63, 3.8) is 0 Å². The van der Waals surface area contributed by atoms with Crippen LogP contribution in [-0.2, 0) is 9.47 Å². The average Bonchev–Trinajstić information content (AvgIpc) is 2.93. The van der Waals surface area contributed by atoms with Crippen molar-refractivity contribution in [1.29, 1.82) is 0 Å². The largest absolute Gasteiger partial charge is 0.489 e. The number of hydrogen-bond acceptors (Lipinski definition) is 3. The molecule has 0 aromatic carbocycles. The number of halogens is 1. The minimum absolute atomic E-state index is 0.00425. The quantitative estimate of drug-likeness (QED) is 0.640. The third kappa shape index (κ3) is 0.925. The van der Waals surface area contributed by atoms with E-state index in [0.717, 1.165) is 12.8 Å². The average molecular weight is 198 g/mol. The predicted octanol–water partition coefficient (Wildman–Crippen LogP) is 1.05. The number of epoxide rings is 1. The van der Waals surface area contributed by atoms with Crippen LogP contribution in [0.2, 0.25) is 0 Å². The second-order valence-electron chi connectivity index (χ2n) is 3.93. The van der Waals surface area contributed by atoms with Crippen molar-refractivity contribution in [3.8, 4) is 0 Å². The van der Waals surface area contributed by atoms with E-state index in [1.807, 2.05) is 0 Å². The molecule has 4 heteroatoms. The van der Waals surface area contributed by atoms with Crippen LogP contribution in [-0.4, -0.2) is 29.5 Å². The van der Waals surface area contributed by atoms with Crippen LogP contribution < -0.4 is 0 Å². The first-order valence-corrected chi connectivity index (χ1v) is 4.79. The topological polar surface area (TPSA) is 42.0 Å². The summed E-state index contributed by atoms with van der Waals surface area (Å²) in [6.07, 6.45) is 3.85. The Bertz CT molecular complexity index is 336. The molecule has 14 heavy (non-hydrogen) atoms. The van der Waals surface area contributed by atoms with Gasteiger partial charge in [-0.15, -0.1) is 0 Å². The summed E-state index contributed by atoms with van der Waals surface area (Å²) in [4.78, 5) is 0. The van der Waals surface area contributed by atoms with Crippen LogP contribution in [0.1, 0.15) is 12.8 Å². The molecule has 3 nitrogen and oxygen atoms in total. The maximum atomic E-state index is 13.2. The highest BCUT2D eigenvalue weighted by molar-refractivity contribution is 5.39. The van der Waals surface area contributed by atoms with Crippen LogP contribution >= 0.6 is 0 Å². The van der Waals surface area contributed by atoms with E-state index in [1.54, 1.807) is 6.08 Å². The van der Waals surface area contributed by atoms with Gasteiger partial charge in [0.15, 0.2) is 5.60 Å². The van der Waals surface area contributed by atoms with Crippen molar-refractivity contribution in [1.82, 2.24) is 0 Å². The SMILES string of the molecule is OCC1CCC23OC2C(F)=CC=C3O1. The molecule has 3 rings (SSSR count). The van der Waals surface area contributed by atoms with Crippen LogP contribution in [0, 0.1) is 0 Å². The molecule has 3 atom stereocenters. The summed E-state index contributed by atoms with van der Waals surface area (Å²) in [5, 5.41) is 8.95. The smallest absolute Gasteiger partial charge is 0.159 e. The molecule has 1 N–H and O–H groups in total. The van der Waals surface area contributed by atoms with Crippen molar-refractivity contribution < 1.29 is 19.0 Å². The number of allylic oxidation sites excluding steroid dienone is 2. The molecule has 0 bridgehead atoms. The number of hydrogen-bond donors (Lipinski definition) is 1. The fourth-order valence-electron chi connectivity index (χ4n) is 2.22. The predicted molar refractivity (Wildman–Crippen MR) is 46.1 cm³/mol. The zero-order valence-corrected chi connectivity index (χ0v) is 7.57. The van der Waals surface area contributed by atoms with E-state index in [0.29, 0.717) is 5.76 Å². The van der Waals surface area contributed by atoms with Crippen LogP contribution in [0.25, 0.3) is 0 Å². The van der Waals surface area contributed by atoms with Gasteiger partial charge in [0.05, 0.1) is 6.61 Å². The lowest BCUT2D eigenvalue weighted by molar-refractivity contribution is -0.00196. The summed E-state index contributed by atoms with van der Waals surface area (Å²) in [7, 11) is 0. The van der Waals surface area contributed by atoms with Gasteiger partial charge < -0.3 is 14.6 Å². The highest BCUT2D eigenvalue weighted by Crippen LogP contribution is 2.55. The minimum atomic E-state index is -0.523. The molecule has 1 aliphatic carbocycles. The van der Waals surface area contributed by atoms with E-state index in [4.69, 9.17) is 14.6 Å². The standard InChI is InChI=1S/C10H11FO3/c11-7-1-2-8-10(9(7)14-10)4-3-6(5-12)13-8/h1-2,6,9,12H,3-5H2. The lowest BCUT2D eigenvalue weighted by Gasteiger charge is -2.30. The Morgan fingerprint density at radius 1 is 1.57 bits per heavy atom. The second-order valence-corrected chi connectivity index (χ2v) is 3.93. The highest BCUT2D eigenvalue weighted by atomic mass is 19.1. The summed E-state index contributed by atoms with van der Waals surface area (Å²) >= 11 is 0. The molecule has 2 saturated heterocycles. The molecule has 3 aliphatic rings. The van der Waals surface area contributed by atoms with Gasteiger partial charge in [-0.2, -0.15) is 0 Å². The van der Waals surface area contributed by atoms with E-state index < -0.39 is 11.7 Å². The summed E-state index contributed by atoms with van der Waals surface area (Å²) in [6, 6.07) is 0. The normalized spacial score (nSPS) is 44.1. The lowest BCUT2D eigenvalue weighted by Crippen LogP contribution is -2.34. The van der Waals surface area contributed by atoms with Gasteiger partial charge in [-0.25, -0.2) is 4.39 Å². The first kappa shape index (κ1) is 8.44. The van der Waals surface area contributed by atoms with Crippen LogP contribution in [0.15, 0.2) is 23.7 Å². The van der Waals surface area contributed by atoms with Crippen LogP contribution in [0.5, 0.6) is 0 Å². The fraction of sp³-hybridized carbons (Fsp3) is 0.600. The molecule has 0 saturated carbocycles. The number of rotatable bonds is 1. The minimum Gasteiger partial charge on any atom is -0.489 e. The molecule has 1 spiro atoms. The summed E-state index contributed by atoms with van der Waals surface area (Å²) in [5.41, 5.74) is -0.523. The maximum absolute atomic E-state index is 13.2. The third-order valence-corrected chi connectivity index (χ3v) is 3.09. The van der Waals surface area contributed by atoms with Gasteiger partial charge >= 0.3 is 0 Å². The molecular formula is C10H11FO3. The van der Waals surface area contributed by atoms with Gasteiger partial charge in [-0.1, -0.05) is 0 Å². The molecule has 2 fully saturated rings. The van der Waals surface area contributed by atoms with Gasteiger partial charge in [0, 0.05) is 0 Å². The van der Waals surface area contributed by atoms with E-state index in [2.05, 4.69) is 0 Å². The molecule has 76 valence electrons. The van der Waals surface area contributed by atoms with E-state index in [-0.39, 0.29) is 18.5 Å². The van der Waals surface area contributed by atoms with Gasteiger partial charge in [-0.05, 0) is 25.0 Å². The summed E-state index contributed by atoms with van der Waals surface area (Å²) < 4.78 is 24.0. The summed E-state index contributed by atoms with van der Waals surface area (Å²) in [5.74, 6) is 0.453. The van der Waals surface area contributed by atoms with E-state index >= 15 is 0 Å². The van der Waals surface area contributed by atoms with Gasteiger partial charge in [-0.3, -0.25) is 0 Å². The molecular weight excluding hydrogens is 187 g/mol. The molecule has 2 aliphatic heterocycles. The Kier molecular flexibility index (Phi) is 1.56. The van der Waals surface area contributed by atoms with Crippen LogP contribution in [0.3, 0.4) is 0 Å². The molecule has 0 radical (unpaired) electrons. The van der Waals surface area contributed by atoms with Gasteiger partial charge in [0.1, 0.15) is 23.8 Å². The molecule has 0 amide bonds. The Morgan fingerprint density at radius 2 is 2.43 bits per heavy atom. The van der Waals surface area contributed by atoms with Crippen molar-refractivity contribution in [2.24, 2.45) is 0 Å². The molecule has 3 unspecified atom stereocenters. The Labute approximate surface area is 80.8 Å². The Hall–Kier alpha value is -0.870. The molecule has 0 aromatic heterocycles. The highest BCUT2D eigenvalue weighted by Gasteiger charge is 2.65. The van der Waals surface area contributed by atoms with Crippen molar-refractivity contribution in [3.05, 3.63) is 23.7 Å². The Balaban J connectivity index is 1.89. The first-order valence-electron chi connectivity index (χ1n) is 4.79. The van der Waals surface area contributed by atoms with Crippen LogP contribution in [0.4, 0.5) is 4.39 Å². The van der Waals surface area contributed by atoms with Crippen molar-refractivity contribution >= 4 is 0 Å². The van der Waals surface area contributed by atoms with E-state index in [1.165, 1.54) is 6.08 Å². The zero-order chi connectivity index (χ0) is 9.76.